The summed E-state index contributed by atoms with van der Waals surface area (Å²) < 4.78 is 26.1. The first-order valence-corrected chi connectivity index (χ1v) is 8.76. The van der Waals surface area contributed by atoms with Crippen LogP contribution in [0, 0.1) is 10.1 Å². The lowest BCUT2D eigenvalue weighted by atomic mass is 10.3. The van der Waals surface area contributed by atoms with Crippen LogP contribution in [0.25, 0.3) is 0 Å². The molecule has 0 aliphatic carbocycles. The fraction of sp³-hybridized carbons (Fsp3) is 0.0714. The lowest BCUT2D eigenvalue weighted by molar-refractivity contribution is -0.384. The summed E-state index contributed by atoms with van der Waals surface area (Å²) in [4.78, 5) is 21.1. The molecule has 0 spiro atoms. The van der Waals surface area contributed by atoms with Crippen LogP contribution in [0.15, 0.2) is 47.4 Å². The average molecular weight is 405 g/mol. The minimum absolute atomic E-state index is 0.149. The molecule has 0 saturated carbocycles. The number of carboxylic acids is 1. The standard InChI is InChI=1S/C14H10Cl2N2O6S/c15-9-1-4-11(5-2-9)25(23,24)17(8-14(19)20)13-7-10(18(21)22)3-6-12(13)16/h1-7H,8H2,(H,19,20). The van der Waals surface area contributed by atoms with Crippen molar-refractivity contribution in [3.05, 3.63) is 62.6 Å². The van der Waals surface area contributed by atoms with E-state index in [0.717, 1.165) is 18.2 Å². The van der Waals surface area contributed by atoms with Crippen molar-refractivity contribution in [2.45, 2.75) is 4.90 Å². The highest BCUT2D eigenvalue weighted by molar-refractivity contribution is 7.92. The Morgan fingerprint density at radius 1 is 1.16 bits per heavy atom. The second kappa shape index (κ2) is 7.26. The first kappa shape index (κ1) is 19.0. The van der Waals surface area contributed by atoms with Gasteiger partial charge in [-0.2, -0.15) is 0 Å². The maximum absolute atomic E-state index is 12.8. The molecule has 0 aliphatic rings. The molecule has 2 aromatic rings. The van der Waals surface area contributed by atoms with E-state index < -0.39 is 33.1 Å². The van der Waals surface area contributed by atoms with Gasteiger partial charge in [-0.05, 0) is 30.3 Å². The predicted octanol–water partition coefficient (Wildman–Crippen LogP) is 3.18. The molecule has 0 saturated heterocycles. The molecule has 0 radical (unpaired) electrons. The Balaban J connectivity index is 2.64. The van der Waals surface area contributed by atoms with Crippen LogP contribution >= 0.6 is 23.2 Å². The second-order valence-corrected chi connectivity index (χ2v) is 7.46. The van der Waals surface area contributed by atoms with Crippen molar-refractivity contribution in [1.29, 1.82) is 0 Å². The van der Waals surface area contributed by atoms with E-state index in [1.807, 2.05) is 0 Å². The number of aliphatic carboxylic acids is 1. The maximum atomic E-state index is 12.8. The summed E-state index contributed by atoms with van der Waals surface area (Å²) >= 11 is 11.7. The van der Waals surface area contributed by atoms with Crippen molar-refractivity contribution in [3.8, 4) is 0 Å². The van der Waals surface area contributed by atoms with Gasteiger partial charge in [0, 0.05) is 17.2 Å². The summed E-state index contributed by atoms with van der Waals surface area (Å²) in [6.45, 7) is -0.966. The van der Waals surface area contributed by atoms with E-state index in [1.165, 1.54) is 24.3 Å². The summed E-state index contributed by atoms with van der Waals surface area (Å²) in [5, 5.41) is 20.1. The molecule has 0 aromatic heterocycles. The zero-order valence-corrected chi connectivity index (χ0v) is 14.6. The summed E-state index contributed by atoms with van der Waals surface area (Å²) in [7, 11) is -4.34. The Morgan fingerprint density at radius 3 is 2.28 bits per heavy atom. The van der Waals surface area contributed by atoms with E-state index in [-0.39, 0.29) is 20.6 Å². The first-order valence-electron chi connectivity index (χ1n) is 6.57. The highest BCUT2D eigenvalue weighted by Crippen LogP contribution is 2.33. The van der Waals surface area contributed by atoms with E-state index in [1.54, 1.807) is 0 Å². The third kappa shape index (κ3) is 4.19. The largest absolute Gasteiger partial charge is 0.480 e. The van der Waals surface area contributed by atoms with E-state index >= 15 is 0 Å². The molecule has 0 unspecified atom stereocenters. The minimum Gasteiger partial charge on any atom is -0.480 e. The molecule has 11 heteroatoms. The van der Waals surface area contributed by atoms with Crippen LogP contribution in [0.5, 0.6) is 0 Å². The van der Waals surface area contributed by atoms with Gasteiger partial charge in [0.05, 0.1) is 20.5 Å². The zero-order chi connectivity index (χ0) is 18.8. The fourth-order valence-electron chi connectivity index (χ4n) is 1.96. The monoisotopic (exact) mass is 404 g/mol. The van der Waals surface area contributed by atoms with Crippen LogP contribution in [0.3, 0.4) is 0 Å². The molecule has 0 amide bonds. The number of benzene rings is 2. The lowest BCUT2D eigenvalue weighted by Gasteiger charge is -2.23. The topological polar surface area (TPSA) is 118 Å². The normalized spacial score (nSPS) is 11.1. The molecule has 0 aliphatic heterocycles. The van der Waals surface area contributed by atoms with Crippen molar-refractivity contribution < 1.29 is 23.2 Å². The first-order chi connectivity index (χ1) is 11.6. The molecule has 25 heavy (non-hydrogen) atoms. The van der Waals surface area contributed by atoms with Gasteiger partial charge in [0.15, 0.2) is 0 Å². The molecular formula is C14H10Cl2N2O6S. The van der Waals surface area contributed by atoms with Gasteiger partial charge in [-0.25, -0.2) is 8.42 Å². The van der Waals surface area contributed by atoms with Gasteiger partial charge in [-0.1, -0.05) is 23.2 Å². The number of non-ortho nitro benzene ring substituents is 1. The Kier molecular flexibility index (Phi) is 5.51. The van der Waals surface area contributed by atoms with Crippen molar-refractivity contribution in [1.82, 2.24) is 0 Å². The fourth-order valence-corrected chi connectivity index (χ4v) is 3.78. The van der Waals surface area contributed by atoms with E-state index in [2.05, 4.69) is 0 Å². The Labute approximate surface area is 152 Å². The van der Waals surface area contributed by atoms with Crippen LogP contribution in [0.4, 0.5) is 11.4 Å². The number of carboxylic acid groups (broad SMARTS) is 1. The molecule has 0 bridgehead atoms. The van der Waals surface area contributed by atoms with Gasteiger partial charge in [-0.15, -0.1) is 0 Å². The second-order valence-electron chi connectivity index (χ2n) is 4.75. The van der Waals surface area contributed by atoms with E-state index in [0.29, 0.717) is 4.31 Å². The molecule has 1 N–H and O–H groups in total. The molecule has 2 aromatic carbocycles. The Bertz CT molecular complexity index is 931. The molecule has 8 nitrogen and oxygen atoms in total. The van der Waals surface area contributed by atoms with Crippen LogP contribution in [0.2, 0.25) is 10.0 Å². The van der Waals surface area contributed by atoms with Crippen molar-refractivity contribution in [2.75, 3.05) is 10.8 Å². The number of nitro groups is 1. The number of rotatable bonds is 6. The lowest BCUT2D eigenvalue weighted by Crippen LogP contribution is -2.36. The van der Waals surface area contributed by atoms with Crippen molar-refractivity contribution in [2.24, 2.45) is 0 Å². The van der Waals surface area contributed by atoms with Gasteiger partial charge in [0.1, 0.15) is 6.54 Å². The number of halogens is 2. The summed E-state index contributed by atoms with van der Waals surface area (Å²) in [5.74, 6) is -1.46. The number of anilines is 1. The van der Waals surface area contributed by atoms with Crippen molar-refractivity contribution in [3.63, 3.8) is 0 Å². The van der Waals surface area contributed by atoms with Gasteiger partial charge in [0.25, 0.3) is 15.7 Å². The third-order valence-corrected chi connectivity index (χ3v) is 5.44. The van der Waals surface area contributed by atoms with Crippen LogP contribution in [0.1, 0.15) is 0 Å². The predicted molar refractivity (Wildman–Crippen MR) is 91.7 cm³/mol. The molecule has 0 heterocycles. The van der Waals surface area contributed by atoms with Crippen LogP contribution in [-0.4, -0.2) is 31.0 Å². The summed E-state index contributed by atoms with van der Waals surface area (Å²) in [5.41, 5.74) is -0.741. The number of nitrogens with zero attached hydrogens (tertiary/aromatic N) is 2. The number of hydrogen-bond donors (Lipinski definition) is 1. The number of sulfonamides is 1. The minimum atomic E-state index is -4.34. The number of hydrogen-bond acceptors (Lipinski definition) is 5. The number of nitro benzene ring substituents is 1. The van der Waals surface area contributed by atoms with E-state index in [4.69, 9.17) is 28.3 Å². The molecule has 0 fully saturated rings. The number of carbonyl (C=O) groups is 1. The van der Waals surface area contributed by atoms with Crippen molar-refractivity contribution >= 4 is 50.6 Å². The quantitative estimate of drug-likeness (QED) is 0.583. The van der Waals surface area contributed by atoms with E-state index in [9.17, 15) is 23.3 Å². The Morgan fingerprint density at radius 2 is 1.76 bits per heavy atom. The third-order valence-electron chi connectivity index (χ3n) is 3.09. The smallest absolute Gasteiger partial charge is 0.324 e. The Hall–Kier alpha value is -2.36. The van der Waals surface area contributed by atoms with Gasteiger partial charge >= 0.3 is 5.97 Å². The maximum Gasteiger partial charge on any atom is 0.324 e. The summed E-state index contributed by atoms with van der Waals surface area (Å²) in [6, 6.07) is 8.14. The molecule has 0 atom stereocenters. The molecular weight excluding hydrogens is 395 g/mol. The molecule has 132 valence electrons. The summed E-state index contributed by atoms with van der Waals surface area (Å²) in [6.07, 6.45) is 0. The highest BCUT2D eigenvalue weighted by atomic mass is 35.5. The molecule has 2 rings (SSSR count). The average Bonchev–Trinajstić information content (AvgIpc) is 2.53. The zero-order valence-electron chi connectivity index (χ0n) is 12.3. The van der Waals surface area contributed by atoms with Crippen LogP contribution < -0.4 is 4.31 Å². The van der Waals surface area contributed by atoms with Gasteiger partial charge in [0.2, 0.25) is 0 Å². The van der Waals surface area contributed by atoms with Crippen LogP contribution in [-0.2, 0) is 14.8 Å². The SMILES string of the molecule is O=C(O)CN(c1cc([N+](=O)[O-])ccc1Cl)S(=O)(=O)c1ccc(Cl)cc1. The van der Waals surface area contributed by atoms with Gasteiger partial charge < -0.3 is 5.11 Å². The van der Waals surface area contributed by atoms with Gasteiger partial charge in [-0.3, -0.25) is 19.2 Å². The highest BCUT2D eigenvalue weighted by Gasteiger charge is 2.30.